The quantitative estimate of drug-likeness (QED) is 0.822. The first-order valence-electron chi connectivity index (χ1n) is 5.15. The molecule has 1 fully saturated rings. The summed E-state index contributed by atoms with van der Waals surface area (Å²) in [7, 11) is 0. The molecule has 1 aromatic rings. The lowest BCUT2D eigenvalue weighted by atomic mass is 10.4. The normalized spacial score (nSPS) is 20.1. The summed E-state index contributed by atoms with van der Waals surface area (Å²) in [4.78, 5) is 23.5. The van der Waals surface area contributed by atoms with Gasteiger partial charge in [0.15, 0.2) is 5.12 Å². The minimum Gasteiger partial charge on any atom is -0.399 e. The molecule has 104 valence electrons. The van der Waals surface area contributed by atoms with Crippen molar-refractivity contribution in [1.29, 1.82) is 0 Å². The van der Waals surface area contributed by atoms with Crippen molar-refractivity contribution in [3.05, 3.63) is 5.89 Å². The summed E-state index contributed by atoms with van der Waals surface area (Å²) in [6.45, 7) is 1.43. The van der Waals surface area contributed by atoms with Gasteiger partial charge in [0.1, 0.15) is 0 Å². The highest BCUT2D eigenvalue weighted by atomic mass is 32.2. The van der Waals surface area contributed by atoms with Gasteiger partial charge in [-0.25, -0.2) is 0 Å². The lowest BCUT2D eigenvalue weighted by molar-refractivity contribution is -0.157. The van der Waals surface area contributed by atoms with E-state index in [1.165, 1.54) is 6.92 Å². The van der Waals surface area contributed by atoms with Crippen molar-refractivity contribution in [2.45, 2.75) is 24.8 Å². The van der Waals surface area contributed by atoms with Crippen molar-refractivity contribution in [3.8, 4) is 0 Å². The fourth-order valence-corrected chi connectivity index (χ4v) is 2.53. The van der Waals surface area contributed by atoms with Crippen molar-refractivity contribution < 1.29 is 27.2 Å². The van der Waals surface area contributed by atoms with Gasteiger partial charge in [-0.1, -0.05) is 16.9 Å². The lowest BCUT2D eigenvalue weighted by Gasteiger charge is -2.10. The van der Waals surface area contributed by atoms with Crippen molar-refractivity contribution >= 4 is 28.8 Å². The van der Waals surface area contributed by atoms with Gasteiger partial charge < -0.3 is 4.42 Å². The molecule has 1 saturated heterocycles. The minimum absolute atomic E-state index is 0.0496. The highest BCUT2D eigenvalue weighted by molar-refractivity contribution is 8.14. The van der Waals surface area contributed by atoms with Crippen LogP contribution in [0.15, 0.2) is 4.42 Å². The molecule has 0 spiro atoms. The summed E-state index contributed by atoms with van der Waals surface area (Å²) < 4.78 is 41.3. The summed E-state index contributed by atoms with van der Waals surface area (Å²) in [5, 5.41) is 5.57. The molecule has 10 heteroatoms. The number of amides is 1. The molecule has 2 heterocycles. The zero-order valence-electron chi connectivity index (χ0n) is 9.60. The van der Waals surface area contributed by atoms with Crippen LogP contribution in [0.5, 0.6) is 0 Å². The minimum atomic E-state index is -4.75. The van der Waals surface area contributed by atoms with Gasteiger partial charge >= 0.3 is 18.1 Å². The maximum Gasteiger partial charge on any atom is 0.470 e. The molecule has 1 aromatic heterocycles. The molecule has 0 aromatic carbocycles. The molecular weight excluding hydrogens is 287 g/mol. The Hall–Kier alpha value is -1.58. The van der Waals surface area contributed by atoms with Crippen LogP contribution in [0.3, 0.4) is 0 Å². The van der Waals surface area contributed by atoms with Crippen LogP contribution in [0.4, 0.5) is 19.2 Å². The topological polar surface area (TPSA) is 76.3 Å². The predicted octanol–water partition coefficient (Wildman–Crippen LogP) is 1.47. The van der Waals surface area contributed by atoms with Crippen LogP contribution in [-0.2, 0) is 15.8 Å². The number of alkyl halides is 3. The van der Waals surface area contributed by atoms with Crippen LogP contribution < -0.4 is 4.90 Å². The molecule has 2 rings (SSSR count). The van der Waals surface area contributed by atoms with Gasteiger partial charge in [0.25, 0.3) is 0 Å². The molecular formula is C9H8F3N3O3S. The van der Waals surface area contributed by atoms with Crippen molar-refractivity contribution in [1.82, 2.24) is 10.2 Å². The van der Waals surface area contributed by atoms with Crippen molar-refractivity contribution in [3.63, 3.8) is 0 Å². The van der Waals surface area contributed by atoms with Crippen LogP contribution >= 0.6 is 11.8 Å². The summed E-state index contributed by atoms with van der Waals surface area (Å²) >= 11 is 0.963. The van der Waals surface area contributed by atoms with E-state index in [9.17, 15) is 22.8 Å². The third-order valence-electron chi connectivity index (χ3n) is 2.31. The molecule has 0 aliphatic carbocycles. The zero-order chi connectivity index (χ0) is 14.2. The third-order valence-corrected chi connectivity index (χ3v) is 3.29. The summed E-state index contributed by atoms with van der Waals surface area (Å²) in [5.41, 5.74) is 0. The Bertz CT molecular complexity index is 516. The first-order chi connectivity index (χ1) is 8.77. The fraction of sp³-hybridized carbons (Fsp3) is 0.556. The number of rotatable bonds is 2. The number of carbonyl (C=O) groups is 2. The van der Waals surface area contributed by atoms with Gasteiger partial charge in [-0.15, -0.1) is 5.10 Å². The van der Waals surface area contributed by atoms with Crippen molar-refractivity contribution in [2.24, 2.45) is 0 Å². The second kappa shape index (κ2) is 4.83. The summed E-state index contributed by atoms with van der Waals surface area (Å²) in [6.07, 6.45) is -4.70. The molecule has 1 amide bonds. The number of aromatic nitrogens is 2. The lowest BCUT2D eigenvalue weighted by Crippen LogP contribution is -2.25. The second-order valence-corrected chi connectivity index (χ2v) is 5.30. The van der Waals surface area contributed by atoms with Crippen LogP contribution in [0.2, 0.25) is 0 Å². The Morgan fingerprint density at radius 2 is 2.16 bits per heavy atom. The predicted molar refractivity (Wildman–Crippen MR) is 58.3 cm³/mol. The van der Waals surface area contributed by atoms with E-state index in [4.69, 9.17) is 0 Å². The molecule has 19 heavy (non-hydrogen) atoms. The molecule has 1 aliphatic heterocycles. The Balaban J connectivity index is 2.12. The van der Waals surface area contributed by atoms with E-state index >= 15 is 0 Å². The van der Waals surface area contributed by atoms with Crippen molar-refractivity contribution in [2.75, 3.05) is 11.4 Å². The zero-order valence-corrected chi connectivity index (χ0v) is 10.4. The van der Waals surface area contributed by atoms with Gasteiger partial charge in [-0.05, 0) is 0 Å². The first kappa shape index (κ1) is 13.8. The fourth-order valence-electron chi connectivity index (χ4n) is 1.61. The van der Waals surface area contributed by atoms with Crippen LogP contribution in [0.1, 0.15) is 19.2 Å². The number of hydrogen-bond donors (Lipinski definition) is 0. The van der Waals surface area contributed by atoms with E-state index in [-0.39, 0.29) is 23.3 Å². The van der Waals surface area contributed by atoms with Gasteiger partial charge in [-0.2, -0.15) is 13.2 Å². The summed E-state index contributed by atoms with van der Waals surface area (Å²) in [6, 6.07) is -0.496. The second-order valence-electron chi connectivity index (χ2n) is 3.83. The highest BCUT2D eigenvalue weighted by Crippen LogP contribution is 2.32. The maximum atomic E-state index is 12.3. The number of thioether (sulfide) groups is 1. The standard InChI is InChI=1S/C9H8F3N3O3S/c1-4(16)19-5-2-6(17)15(3-5)8-14-13-7(18-8)9(10,11)12/h5H,2-3H2,1H3. The first-order valence-corrected chi connectivity index (χ1v) is 6.03. The molecule has 1 atom stereocenters. The number of halogens is 3. The van der Waals surface area contributed by atoms with E-state index < -0.39 is 24.0 Å². The number of carbonyl (C=O) groups excluding carboxylic acids is 2. The molecule has 0 saturated carbocycles. The highest BCUT2D eigenvalue weighted by Gasteiger charge is 2.41. The Morgan fingerprint density at radius 3 is 2.68 bits per heavy atom. The Kier molecular flexibility index (Phi) is 3.52. The summed E-state index contributed by atoms with van der Waals surface area (Å²) in [5.74, 6) is -1.95. The molecule has 0 bridgehead atoms. The molecule has 0 N–H and O–H groups in total. The number of nitrogens with zero attached hydrogens (tertiary/aromatic N) is 3. The molecule has 0 radical (unpaired) electrons. The molecule has 6 nitrogen and oxygen atoms in total. The molecule has 1 aliphatic rings. The van der Waals surface area contributed by atoms with Gasteiger partial charge in [0.05, 0.1) is 0 Å². The van der Waals surface area contributed by atoms with E-state index in [0.29, 0.717) is 0 Å². The SMILES string of the molecule is CC(=O)SC1CC(=O)N(c2nnc(C(F)(F)F)o2)C1. The van der Waals surface area contributed by atoms with E-state index in [1.54, 1.807) is 0 Å². The van der Waals surface area contributed by atoms with Crippen LogP contribution in [-0.4, -0.2) is 33.0 Å². The van der Waals surface area contributed by atoms with E-state index in [0.717, 1.165) is 16.7 Å². The van der Waals surface area contributed by atoms with Gasteiger partial charge in [0.2, 0.25) is 5.91 Å². The number of hydrogen-bond acceptors (Lipinski definition) is 6. The molecule has 1 unspecified atom stereocenters. The number of anilines is 1. The smallest absolute Gasteiger partial charge is 0.399 e. The van der Waals surface area contributed by atoms with Crippen LogP contribution in [0.25, 0.3) is 0 Å². The van der Waals surface area contributed by atoms with Gasteiger partial charge in [-0.3, -0.25) is 14.5 Å². The average molecular weight is 295 g/mol. The van der Waals surface area contributed by atoms with Gasteiger partial charge in [0, 0.05) is 25.1 Å². The largest absolute Gasteiger partial charge is 0.470 e. The Morgan fingerprint density at radius 1 is 1.47 bits per heavy atom. The average Bonchev–Trinajstić information content (AvgIpc) is 2.82. The third kappa shape index (κ3) is 3.06. The van der Waals surface area contributed by atoms with E-state index in [2.05, 4.69) is 14.6 Å². The monoisotopic (exact) mass is 295 g/mol. The Labute approximate surface area is 109 Å². The van der Waals surface area contributed by atoms with Crippen LogP contribution in [0, 0.1) is 0 Å². The maximum absolute atomic E-state index is 12.3. The van der Waals surface area contributed by atoms with E-state index in [1.807, 2.05) is 0 Å².